The largest absolute Gasteiger partial charge is 0.350 e. The van der Waals surface area contributed by atoms with Crippen LogP contribution in [0.5, 0.6) is 0 Å². The third-order valence-electron chi connectivity index (χ3n) is 4.28. The van der Waals surface area contributed by atoms with Crippen LogP contribution in [0.2, 0.25) is 0 Å². The van der Waals surface area contributed by atoms with Gasteiger partial charge in [0.2, 0.25) is 10.0 Å². The highest BCUT2D eigenvalue weighted by atomic mass is 32.2. The Labute approximate surface area is 142 Å². The lowest BCUT2D eigenvalue weighted by Crippen LogP contribution is -2.30. The lowest BCUT2D eigenvalue weighted by molar-refractivity contribution is 0.579. The first-order valence-electron chi connectivity index (χ1n) is 7.93. The lowest BCUT2D eigenvalue weighted by atomic mass is 9.92. The normalized spacial score (nSPS) is 13.2. The van der Waals surface area contributed by atoms with Crippen LogP contribution in [0, 0.1) is 0 Å². The van der Waals surface area contributed by atoms with E-state index in [2.05, 4.69) is 32.6 Å². The number of rotatable bonds is 6. The minimum atomic E-state index is -3.25. The third-order valence-corrected chi connectivity index (χ3v) is 5.64. The lowest BCUT2D eigenvalue weighted by Gasteiger charge is -2.17. The predicted octanol–water partition coefficient (Wildman–Crippen LogP) is 2.64. The number of fused-ring (bicyclic) bond motifs is 1. The van der Waals surface area contributed by atoms with E-state index in [4.69, 9.17) is 0 Å². The van der Waals surface area contributed by atoms with Crippen molar-refractivity contribution in [3.8, 4) is 0 Å². The quantitative estimate of drug-likeness (QED) is 0.748. The van der Waals surface area contributed by atoms with E-state index in [1.54, 1.807) is 19.3 Å². The van der Waals surface area contributed by atoms with Crippen LogP contribution in [0.3, 0.4) is 0 Å². The summed E-state index contributed by atoms with van der Waals surface area (Å²) in [7, 11) is -1.25. The molecule has 0 saturated heterocycles. The second kappa shape index (κ2) is 6.75. The number of aryl methyl sites for hydroxylation is 1. The number of hydrogen-bond donors (Lipinski definition) is 1. The molecule has 126 valence electrons. The Morgan fingerprint density at radius 1 is 1.21 bits per heavy atom. The van der Waals surface area contributed by atoms with Crippen molar-refractivity contribution in [1.29, 1.82) is 0 Å². The van der Waals surface area contributed by atoms with Gasteiger partial charge in [0, 0.05) is 49.0 Å². The van der Waals surface area contributed by atoms with E-state index in [0.717, 1.165) is 22.0 Å². The molecule has 2 aromatic heterocycles. The van der Waals surface area contributed by atoms with Crippen molar-refractivity contribution < 1.29 is 8.42 Å². The molecule has 3 aromatic rings. The zero-order chi connectivity index (χ0) is 17.2. The number of benzene rings is 1. The molecule has 0 aliphatic heterocycles. The van der Waals surface area contributed by atoms with Gasteiger partial charge in [-0.15, -0.1) is 0 Å². The summed E-state index contributed by atoms with van der Waals surface area (Å²) in [5, 5.41) is 1.13. The molecule has 1 atom stereocenters. The first kappa shape index (κ1) is 16.7. The molecular weight excluding hydrogens is 322 g/mol. The van der Waals surface area contributed by atoms with E-state index in [1.165, 1.54) is 0 Å². The highest BCUT2D eigenvalue weighted by Gasteiger charge is 2.21. The Morgan fingerprint density at radius 2 is 2.00 bits per heavy atom. The highest BCUT2D eigenvalue weighted by Crippen LogP contribution is 2.31. The number of nitrogens with zero attached hydrogens (tertiary/aromatic N) is 2. The number of sulfonamides is 1. The minimum Gasteiger partial charge on any atom is -0.350 e. The molecule has 6 heteroatoms. The van der Waals surface area contributed by atoms with Crippen molar-refractivity contribution in [2.24, 2.45) is 7.05 Å². The van der Waals surface area contributed by atoms with Crippen LogP contribution in [-0.2, 0) is 17.1 Å². The number of aromatic nitrogens is 2. The Morgan fingerprint density at radius 3 is 2.71 bits per heavy atom. The van der Waals surface area contributed by atoms with Crippen molar-refractivity contribution >= 4 is 20.9 Å². The topological polar surface area (TPSA) is 64.0 Å². The van der Waals surface area contributed by atoms with Crippen molar-refractivity contribution in [1.82, 2.24) is 14.3 Å². The van der Waals surface area contributed by atoms with Gasteiger partial charge in [-0.3, -0.25) is 4.98 Å². The standard InChI is InChI=1S/C18H21N3O2S/c1-3-24(22,23)20-12-16(14-7-6-10-19-11-14)17-13-21(2)18-9-5-4-8-15(17)18/h4-11,13,16,20H,3,12H2,1-2H3/t16-/m0/s1. The molecule has 5 nitrogen and oxygen atoms in total. The predicted molar refractivity (Wildman–Crippen MR) is 96.5 cm³/mol. The molecule has 0 saturated carbocycles. The van der Waals surface area contributed by atoms with Gasteiger partial charge in [0.05, 0.1) is 5.75 Å². The van der Waals surface area contributed by atoms with Crippen molar-refractivity contribution in [3.63, 3.8) is 0 Å². The molecule has 2 heterocycles. The fourth-order valence-corrected chi connectivity index (χ4v) is 3.58. The first-order chi connectivity index (χ1) is 11.5. The van der Waals surface area contributed by atoms with E-state index in [0.29, 0.717) is 6.54 Å². The van der Waals surface area contributed by atoms with Crippen molar-refractivity contribution in [2.45, 2.75) is 12.8 Å². The van der Waals surface area contributed by atoms with Gasteiger partial charge in [-0.1, -0.05) is 24.3 Å². The molecule has 1 aromatic carbocycles. The Balaban J connectivity index is 2.07. The van der Waals surface area contributed by atoms with Crippen LogP contribution in [0.4, 0.5) is 0 Å². The van der Waals surface area contributed by atoms with Gasteiger partial charge in [-0.25, -0.2) is 13.1 Å². The van der Waals surface area contributed by atoms with Gasteiger partial charge in [0.1, 0.15) is 0 Å². The van der Waals surface area contributed by atoms with Gasteiger partial charge >= 0.3 is 0 Å². The Kier molecular flexibility index (Phi) is 4.69. The molecule has 0 radical (unpaired) electrons. The maximum absolute atomic E-state index is 11.9. The maximum Gasteiger partial charge on any atom is 0.211 e. The molecule has 24 heavy (non-hydrogen) atoms. The number of hydrogen-bond acceptors (Lipinski definition) is 3. The van der Waals surface area contributed by atoms with Crippen molar-refractivity contribution in [3.05, 3.63) is 66.1 Å². The van der Waals surface area contributed by atoms with Gasteiger partial charge in [-0.05, 0) is 30.2 Å². The van der Waals surface area contributed by atoms with Gasteiger partial charge in [0.15, 0.2) is 0 Å². The van der Waals surface area contributed by atoms with E-state index in [9.17, 15) is 8.42 Å². The van der Waals surface area contributed by atoms with Gasteiger partial charge in [-0.2, -0.15) is 0 Å². The summed E-state index contributed by atoms with van der Waals surface area (Å²) in [6.45, 7) is 1.95. The van der Waals surface area contributed by atoms with E-state index in [1.807, 2.05) is 31.3 Å². The van der Waals surface area contributed by atoms with Crippen LogP contribution >= 0.6 is 0 Å². The fraction of sp³-hybridized carbons (Fsp3) is 0.278. The van der Waals surface area contributed by atoms with Crippen LogP contribution in [0.15, 0.2) is 55.0 Å². The molecule has 0 bridgehead atoms. The summed E-state index contributed by atoms with van der Waals surface area (Å²) < 4.78 is 28.6. The zero-order valence-electron chi connectivity index (χ0n) is 13.8. The van der Waals surface area contributed by atoms with E-state index in [-0.39, 0.29) is 11.7 Å². The molecule has 0 unspecified atom stereocenters. The van der Waals surface area contributed by atoms with Crippen LogP contribution in [-0.4, -0.2) is 30.3 Å². The molecule has 0 amide bonds. The van der Waals surface area contributed by atoms with E-state index < -0.39 is 10.0 Å². The summed E-state index contributed by atoms with van der Waals surface area (Å²) in [4.78, 5) is 4.20. The highest BCUT2D eigenvalue weighted by molar-refractivity contribution is 7.89. The zero-order valence-corrected chi connectivity index (χ0v) is 14.6. The smallest absolute Gasteiger partial charge is 0.211 e. The van der Waals surface area contributed by atoms with Gasteiger partial charge in [0.25, 0.3) is 0 Å². The maximum atomic E-state index is 11.9. The number of nitrogens with one attached hydrogen (secondary N) is 1. The second-order valence-electron chi connectivity index (χ2n) is 5.80. The summed E-state index contributed by atoms with van der Waals surface area (Å²) in [5.74, 6) is -0.0198. The number of para-hydroxylation sites is 1. The van der Waals surface area contributed by atoms with E-state index >= 15 is 0 Å². The Hall–Kier alpha value is -2.18. The molecule has 0 aliphatic rings. The fourth-order valence-electron chi connectivity index (χ4n) is 2.95. The van der Waals surface area contributed by atoms with Crippen LogP contribution in [0.1, 0.15) is 24.0 Å². The monoisotopic (exact) mass is 343 g/mol. The molecule has 0 spiro atoms. The van der Waals surface area contributed by atoms with Gasteiger partial charge < -0.3 is 4.57 Å². The second-order valence-corrected chi connectivity index (χ2v) is 7.90. The molecule has 3 rings (SSSR count). The summed E-state index contributed by atoms with van der Waals surface area (Å²) in [5.41, 5.74) is 3.22. The molecule has 1 N–H and O–H groups in total. The van der Waals surface area contributed by atoms with Crippen LogP contribution < -0.4 is 4.72 Å². The molecule has 0 aliphatic carbocycles. The molecule has 0 fully saturated rings. The SMILES string of the molecule is CCS(=O)(=O)NC[C@@H](c1cccnc1)c1cn(C)c2ccccc12. The Bertz CT molecular complexity index is 933. The summed E-state index contributed by atoms with van der Waals surface area (Å²) in [6, 6.07) is 12.0. The average molecular weight is 343 g/mol. The summed E-state index contributed by atoms with van der Waals surface area (Å²) in [6.07, 6.45) is 5.59. The summed E-state index contributed by atoms with van der Waals surface area (Å²) >= 11 is 0. The van der Waals surface area contributed by atoms with Crippen LogP contribution in [0.25, 0.3) is 10.9 Å². The average Bonchev–Trinajstić information content (AvgIpc) is 2.93. The molecular formula is C18H21N3O2S. The first-order valence-corrected chi connectivity index (χ1v) is 9.58. The minimum absolute atomic E-state index is 0.0717. The van der Waals surface area contributed by atoms with Crippen molar-refractivity contribution in [2.75, 3.05) is 12.3 Å². The third kappa shape index (κ3) is 3.34. The number of pyridine rings is 1.